The molecular weight excluding hydrogens is 415 g/mol. The van der Waals surface area contributed by atoms with Crippen LogP contribution in [0.25, 0.3) is 11.3 Å². The zero-order valence-corrected chi connectivity index (χ0v) is 17.6. The van der Waals surface area contributed by atoms with Crippen molar-refractivity contribution in [3.05, 3.63) is 89.6 Å². The number of aromatic nitrogens is 1. The van der Waals surface area contributed by atoms with E-state index in [1.807, 2.05) is 53.8 Å². The molecule has 1 aromatic heterocycles. The van der Waals surface area contributed by atoms with Crippen LogP contribution in [0, 0.1) is 19.9 Å². The summed E-state index contributed by atoms with van der Waals surface area (Å²) in [5.74, 6) is 0.653. The summed E-state index contributed by atoms with van der Waals surface area (Å²) in [5.41, 5.74) is 6.02. The maximum absolute atomic E-state index is 4.57. The Labute approximate surface area is 166 Å². The predicted molar refractivity (Wildman–Crippen MR) is 104 cm³/mol. The Hall–Kier alpha value is -1.50. The molecule has 0 aliphatic carbocycles. The number of rotatable bonds is 2. The minimum atomic E-state index is 0.653. The fourth-order valence-electron chi connectivity index (χ4n) is 2.26. The van der Waals surface area contributed by atoms with E-state index in [0.29, 0.717) is 5.92 Å². The molecule has 3 rings (SSSR count). The third-order valence-electron chi connectivity index (χ3n) is 3.72. The fraction of sp³-hybridized carbons (Fsp3) is 0.227. The second-order valence-corrected chi connectivity index (χ2v) is 6.01. The summed E-state index contributed by atoms with van der Waals surface area (Å²) >= 11 is 1.82. The van der Waals surface area contributed by atoms with E-state index in [4.69, 9.17) is 0 Å². The second kappa shape index (κ2) is 12.0. The van der Waals surface area contributed by atoms with Crippen LogP contribution >= 0.6 is 9.69 Å². The molecule has 1 nitrogen and oxygen atoms in total. The van der Waals surface area contributed by atoms with Gasteiger partial charge < -0.3 is 4.98 Å². The summed E-state index contributed by atoms with van der Waals surface area (Å²) in [7, 11) is 4.57. The molecule has 3 heteroatoms. The van der Waals surface area contributed by atoms with Gasteiger partial charge in [-0.1, -0.05) is 55.3 Å². The number of hydrogen-bond acceptors (Lipinski definition) is 1. The Morgan fingerprint density at radius 3 is 2.12 bits per heavy atom. The molecule has 3 aromatic rings. The number of benzene rings is 2. The molecule has 0 amide bonds. The topological polar surface area (TPSA) is 12.9 Å². The van der Waals surface area contributed by atoms with Gasteiger partial charge in [0.15, 0.2) is 0 Å². The quantitative estimate of drug-likeness (QED) is 0.322. The standard InChI is InChI=1S/C12H10N.C10H14.ClH.Ru/c1-10-6-5-9-13-12(10)11-7-3-2-4-8-11;1-8(2)10-6-4-9(3)5-7-10;;/h2-7,9H,1H3;4-8H,1-3H3;1H;/q-1;;;+2/p-1. The second-order valence-electron chi connectivity index (χ2n) is 6.01. The molecule has 2 aromatic carbocycles. The number of hydrogen-bond donors (Lipinski definition) is 0. The van der Waals surface area contributed by atoms with Crippen molar-refractivity contribution in [3.8, 4) is 11.3 Å². The zero-order chi connectivity index (χ0) is 18.7. The van der Waals surface area contributed by atoms with Crippen molar-refractivity contribution in [2.24, 2.45) is 0 Å². The van der Waals surface area contributed by atoms with Crippen LogP contribution in [0.1, 0.15) is 36.5 Å². The van der Waals surface area contributed by atoms with Crippen LogP contribution in [0.15, 0.2) is 66.9 Å². The third-order valence-corrected chi connectivity index (χ3v) is 3.72. The number of pyridine rings is 1. The first-order valence-corrected chi connectivity index (χ1v) is 10.4. The molecule has 1 heterocycles. The van der Waals surface area contributed by atoms with Gasteiger partial charge in [-0.2, -0.15) is 0 Å². The van der Waals surface area contributed by atoms with Crippen LogP contribution in [0.2, 0.25) is 0 Å². The number of nitrogens with zero attached hydrogens (tertiary/aromatic N) is 1. The van der Waals surface area contributed by atoms with Crippen molar-refractivity contribution in [1.82, 2.24) is 4.98 Å². The monoisotopic (exact) mass is 439 g/mol. The van der Waals surface area contributed by atoms with E-state index in [9.17, 15) is 0 Å². The van der Waals surface area contributed by atoms with Gasteiger partial charge in [0.05, 0.1) is 0 Å². The van der Waals surface area contributed by atoms with E-state index in [1.165, 1.54) is 16.7 Å². The first-order chi connectivity index (χ1) is 12.1. The third kappa shape index (κ3) is 7.51. The molecule has 0 atom stereocenters. The van der Waals surface area contributed by atoms with Gasteiger partial charge in [-0.3, -0.25) is 0 Å². The molecule has 0 spiro atoms. The van der Waals surface area contributed by atoms with Crippen molar-refractivity contribution >= 4 is 9.69 Å². The van der Waals surface area contributed by atoms with Crippen LogP contribution in [0.4, 0.5) is 0 Å². The molecule has 0 radical (unpaired) electrons. The van der Waals surface area contributed by atoms with E-state index < -0.39 is 0 Å². The molecule has 132 valence electrons. The first-order valence-electron chi connectivity index (χ1n) is 8.16. The number of halogens is 1. The molecule has 0 unspecified atom stereocenters. The molecule has 0 saturated heterocycles. The van der Waals surface area contributed by atoms with Crippen LogP contribution in [0.5, 0.6) is 0 Å². The van der Waals surface area contributed by atoms with Crippen molar-refractivity contribution < 1.29 is 17.3 Å². The average molecular weight is 439 g/mol. The van der Waals surface area contributed by atoms with Crippen molar-refractivity contribution in [2.45, 2.75) is 33.6 Å². The summed E-state index contributed by atoms with van der Waals surface area (Å²) in [6, 6.07) is 23.8. The van der Waals surface area contributed by atoms with E-state index >= 15 is 0 Å². The van der Waals surface area contributed by atoms with Gasteiger partial charge >= 0.3 is 27.0 Å². The summed E-state index contributed by atoms with van der Waals surface area (Å²) in [4.78, 5) is 4.32. The van der Waals surface area contributed by atoms with Gasteiger partial charge in [0.2, 0.25) is 0 Å². The van der Waals surface area contributed by atoms with E-state index in [0.717, 1.165) is 11.3 Å². The van der Waals surface area contributed by atoms with Crippen LogP contribution < -0.4 is 0 Å². The summed E-state index contributed by atoms with van der Waals surface area (Å²) < 4.78 is 0. The summed E-state index contributed by atoms with van der Waals surface area (Å²) in [6.45, 7) is 8.60. The Morgan fingerprint density at radius 2 is 1.60 bits per heavy atom. The van der Waals surface area contributed by atoms with Gasteiger partial charge in [0.1, 0.15) is 0 Å². The van der Waals surface area contributed by atoms with Crippen molar-refractivity contribution in [3.63, 3.8) is 0 Å². The Bertz CT molecular complexity index is 725. The fourth-order valence-corrected chi connectivity index (χ4v) is 2.26. The molecule has 0 fully saturated rings. The van der Waals surface area contributed by atoms with Crippen molar-refractivity contribution in [1.29, 1.82) is 0 Å². The molecule has 0 saturated carbocycles. The van der Waals surface area contributed by atoms with E-state index in [2.05, 4.69) is 78.8 Å². The maximum atomic E-state index is 4.57. The van der Waals surface area contributed by atoms with Gasteiger partial charge in [-0.05, 0) is 37.1 Å². The normalized spacial score (nSPS) is 9.56. The summed E-state index contributed by atoms with van der Waals surface area (Å²) in [5, 5.41) is 0. The van der Waals surface area contributed by atoms with Crippen LogP contribution in [-0.4, -0.2) is 4.98 Å². The SMILES string of the molecule is Cc1ccc(C(C)C)cc1.Cc1cccnc1-c1[c-]cccc1.[Cl][Ru+]. The Balaban J connectivity index is 0.000000235. The van der Waals surface area contributed by atoms with E-state index in [1.54, 1.807) is 0 Å². The minimum absolute atomic E-state index is 0.653. The molecular formula is C22H24ClNRu. The van der Waals surface area contributed by atoms with Crippen molar-refractivity contribution in [2.75, 3.05) is 0 Å². The molecule has 0 bridgehead atoms. The van der Waals surface area contributed by atoms with Gasteiger partial charge in [0.25, 0.3) is 0 Å². The zero-order valence-electron chi connectivity index (χ0n) is 15.1. The molecule has 0 aliphatic heterocycles. The first kappa shape index (κ1) is 21.5. The molecule has 25 heavy (non-hydrogen) atoms. The predicted octanol–water partition coefficient (Wildman–Crippen LogP) is 6.66. The van der Waals surface area contributed by atoms with Gasteiger partial charge in [0, 0.05) is 6.20 Å². The van der Waals surface area contributed by atoms with E-state index in [-0.39, 0.29) is 0 Å². The molecule has 0 aliphatic rings. The van der Waals surface area contributed by atoms with Crippen LogP contribution in [-0.2, 0) is 17.3 Å². The Morgan fingerprint density at radius 1 is 0.920 bits per heavy atom. The Kier molecular flexibility index (Phi) is 10.3. The summed E-state index contributed by atoms with van der Waals surface area (Å²) in [6.07, 6.45) is 1.81. The van der Waals surface area contributed by atoms with Crippen LogP contribution in [0.3, 0.4) is 0 Å². The van der Waals surface area contributed by atoms with Gasteiger partial charge in [-0.25, -0.2) is 0 Å². The molecule has 0 N–H and O–H groups in total. The average Bonchev–Trinajstić information content (AvgIpc) is 2.65. The van der Waals surface area contributed by atoms with Gasteiger partial charge in [-0.15, -0.1) is 35.9 Å². The number of aryl methyl sites for hydroxylation is 2.